The molecular formula is C58H66N2O10Si. The fraction of sp³-hybridized carbons (Fsp3) is 0.310. The Morgan fingerprint density at radius 3 is 1.48 bits per heavy atom. The maximum atomic E-state index is 14.4. The zero-order valence-corrected chi connectivity index (χ0v) is 42.8. The molecule has 0 saturated heterocycles. The molecule has 0 aliphatic carbocycles. The Morgan fingerprint density at radius 1 is 0.563 bits per heavy atom. The lowest BCUT2D eigenvalue weighted by molar-refractivity contribution is -0.174. The number of rotatable bonds is 22. The Balaban J connectivity index is 1.38. The van der Waals surface area contributed by atoms with Gasteiger partial charge in [-0.15, -0.1) is 5.48 Å². The molecule has 2 atom stereocenters. The van der Waals surface area contributed by atoms with Gasteiger partial charge in [-0.2, -0.15) is 0 Å². The van der Waals surface area contributed by atoms with E-state index in [1.807, 2.05) is 158 Å². The molecule has 13 heteroatoms. The third-order valence-corrected chi connectivity index (χ3v) is 13.4. The van der Waals surface area contributed by atoms with E-state index in [9.17, 15) is 19.2 Å². The van der Waals surface area contributed by atoms with Crippen LogP contribution in [0, 0.1) is 5.92 Å². The van der Waals surface area contributed by atoms with E-state index in [2.05, 4.69) is 30.4 Å². The lowest BCUT2D eigenvalue weighted by Crippen LogP contribution is -2.61. The van der Waals surface area contributed by atoms with Gasteiger partial charge in [-0.05, 0) is 109 Å². The second-order valence-electron chi connectivity index (χ2n) is 19.7. The first-order chi connectivity index (χ1) is 34.0. The van der Waals surface area contributed by atoms with Crippen molar-refractivity contribution in [2.24, 2.45) is 5.92 Å². The minimum Gasteiger partial charge on any atom is -0.489 e. The van der Waals surface area contributed by atoms with Gasteiger partial charge in [0.1, 0.15) is 43.5 Å². The molecule has 2 N–H and O–H groups in total. The first-order valence-corrected chi connectivity index (χ1v) is 27.6. The lowest BCUT2D eigenvalue weighted by atomic mass is 9.88. The highest BCUT2D eigenvalue weighted by Gasteiger charge is 2.50. The van der Waals surface area contributed by atoms with Crippen LogP contribution in [0.5, 0.6) is 11.5 Å². The Bertz CT molecular complexity index is 2670. The highest BCUT2D eigenvalue weighted by Crippen LogP contribution is 2.36. The van der Waals surface area contributed by atoms with E-state index in [0.717, 1.165) is 45.0 Å². The second kappa shape index (κ2) is 25.1. The topological polar surface area (TPSA) is 148 Å². The molecule has 6 rings (SSSR count). The van der Waals surface area contributed by atoms with E-state index in [4.69, 9.17) is 28.5 Å². The Morgan fingerprint density at radius 2 is 1.01 bits per heavy atom. The van der Waals surface area contributed by atoms with Gasteiger partial charge in [0.15, 0.2) is 0 Å². The number of ether oxygens (including phenoxy) is 5. The summed E-state index contributed by atoms with van der Waals surface area (Å²) in [4.78, 5) is 61.0. The molecule has 0 saturated carbocycles. The molecule has 0 radical (unpaired) electrons. The minimum atomic E-state index is -1.99. The van der Waals surface area contributed by atoms with Gasteiger partial charge in [-0.25, -0.2) is 19.2 Å². The number of amides is 1. The first kappa shape index (κ1) is 53.1. The largest absolute Gasteiger partial charge is 0.489 e. The molecule has 1 amide bonds. The predicted molar refractivity (Wildman–Crippen MR) is 277 cm³/mol. The van der Waals surface area contributed by atoms with Crippen LogP contribution in [-0.4, -0.2) is 50.3 Å². The summed E-state index contributed by atoms with van der Waals surface area (Å²) in [5.74, 6) is -1.86. The van der Waals surface area contributed by atoms with Crippen molar-refractivity contribution in [3.05, 3.63) is 191 Å². The Labute approximate surface area is 419 Å². The van der Waals surface area contributed by atoms with Crippen molar-refractivity contribution in [3.8, 4) is 22.6 Å². The van der Waals surface area contributed by atoms with Crippen molar-refractivity contribution >= 4 is 32.1 Å². The summed E-state index contributed by atoms with van der Waals surface area (Å²) in [6.07, 6.45) is -0.347. The zero-order chi connectivity index (χ0) is 50.9. The highest BCUT2D eigenvalue weighted by atomic mass is 28.3. The maximum absolute atomic E-state index is 14.4. The normalized spacial score (nSPS) is 12.7. The molecule has 0 aromatic heterocycles. The number of carbonyl (C=O) groups excluding carboxylic acids is 4. The van der Waals surface area contributed by atoms with Crippen LogP contribution in [-0.2, 0) is 72.7 Å². The number of hydrogen-bond acceptors (Lipinski definition) is 11. The fourth-order valence-electron chi connectivity index (χ4n) is 7.69. The van der Waals surface area contributed by atoms with E-state index in [0.29, 0.717) is 23.5 Å². The molecule has 0 aliphatic rings. The van der Waals surface area contributed by atoms with E-state index < -0.39 is 49.1 Å². The number of esters is 2. The average molecular weight is 979 g/mol. The molecule has 372 valence electrons. The Kier molecular flexibility index (Phi) is 18.8. The van der Waals surface area contributed by atoms with E-state index >= 15 is 0 Å². The van der Waals surface area contributed by atoms with E-state index in [-0.39, 0.29) is 39.3 Å². The number of likely N-dealkylation sites (N-methyl/N-ethyl adjacent to an activating group) is 1. The molecule has 6 aromatic carbocycles. The van der Waals surface area contributed by atoms with Crippen molar-refractivity contribution in [2.45, 2.75) is 103 Å². The summed E-state index contributed by atoms with van der Waals surface area (Å²) >= 11 is 0. The first-order valence-electron chi connectivity index (χ1n) is 23.9. The van der Waals surface area contributed by atoms with Crippen LogP contribution in [0.1, 0.15) is 60.6 Å². The summed E-state index contributed by atoms with van der Waals surface area (Å²) in [7, 11) is -0.127. The number of carbonyl (C=O) groups is 4. The van der Waals surface area contributed by atoms with Crippen LogP contribution in [0.3, 0.4) is 0 Å². The molecule has 71 heavy (non-hydrogen) atoms. The SMILES string of the molecule is CN[C@@](Cc1cc(-c2ccc(OCc3ccccc3)c(CC(CC[Si](C)(C)C)C(=O)ONC(=O)OCc3ccccc3)c2)ccc1OCc1ccccc1)(C(=O)OCc1ccccc1)C(=O)OC(C)(C)C. The molecule has 1 unspecified atom stereocenters. The predicted octanol–water partition coefficient (Wildman–Crippen LogP) is 11.4. The molecule has 0 fully saturated rings. The minimum absolute atomic E-state index is 0.00924. The zero-order valence-electron chi connectivity index (χ0n) is 41.8. The van der Waals surface area contributed by atoms with Crippen molar-refractivity contribution in [2.75, 3.05) is 7.05 Å². The van der Waals surface area contributed by atoms with Gasteiger partial charge >= 0.3 is 24.0 Å². The summed E-state index contributed by atoms with van der Waals surface area (Å²) < 4.78 is 30.1. The standard InChI is InChI=1S/C58H66N2O10Si/c1-57(2,3)69-55(63)58(59-4,54(62)67-40-44-24-16-10-17-25-44)37-50-35-47(29-31-52(50)66-39-43-22-14-9-15-23-43)46-28-30-51(65-38-42-20-12-8-13-21-42)49(34-46)36-48(32-33-71(5,6)7)53(61)70-60-56(64)68-41-45-26-18-11-19-27-45/h8-31,34-35,48,59H,32-33,36-41H2,1-7H3,(H,60,64)/t48?,58-/m0/s1. The van der Waals surface area contributed by atoms with Crippen LogP contribution < -0.4 is 20.3 Å². The molecule has 0 aliphatic heterocycles. The van der Waals surface area contributed by atoms with Crippen LogP contribution in [0.2, 0.25) is 25.7 Å². The Hall–Kier alpha value is -7.22. The molecule has 12 nitrogen and oxygen atoms in total. The van der Waals surface area contributed by atoms with Gasteiger partial charge in [0.25, 0.3) is 0 Å². The smallest absolute Gasteiger partial charge is 0.441 e. The number of hydroxylamine groups is 1. The van der Waals surface area contributed by atoms with Crippen LogP contribution >= 0.6 is 0 Å². The van der Waals surface area contributed by atoms with Crippen LogP contribution in [0.15, 0.2) is 158 Å². The van der Waals surface area contributed by atoms with Gasteiger partial charge in [0, 0.05) is 14.5 Å². The maximum Gasteiger partial charge on any atom is 0.441 e. The van der Waals surface area contributed by atoms with Gasteiger partial charge in [-0.1, -0.05) is 159 Å². The molecular weight excluding hydrogens is 913 g/mol. The number of hydrogen-bond donors (Lipinski definition) is 2. The molecule has 0 bridgehead atoms. The number of benzene rings is 6. The van der Waals surface area contributed by atoms with Crippen LogP contribution in [0.4, 0.5) is 4.79 Å². The van der Waals surface area contributed by atoms with Crippen molar-refractivity contribution in [1.82, 2.24) is 10.8 Å². The summed E-state index contributed by atoms with van der Waals surface area (Å²) in [6.45, 7) is 12.4. The summed E-state index contributed by atoms with van der Waals surface area (Å²) in [6, 6.07) is 50.2. The molecule has 0 spiro atoms. The third-order valence-electron chi connectivity index (χ3n) is 11.6. The molecule has 0 heterocycles. The average Bonchev–Trinajstić information content (AvgIpc) is 3.36. The second-order valence-corrected chi connectivity index (χ2v) is 25.3. The van der Waals surface area contributed by atoms with E-state index in [1.165, 1.54) is 7.05 Å². The monoisotopic (exact) mass is 978 g/mol. The van der Waals surface area contributed by atoms with Crippen LogP contribution in [0.25, 0.3) is 11.1 Å². The summed E-state index contributed by atoms with van der Waals surface area (Å²) in [5.41, 5.74) is 5.47. The lowest BCUT2D eigenvalue weighted by Gasteiger charge is -2.33. The van der Waals surface area contributed by atoms with Gasteiger partial charge in [-0.3, -0.25) is 5.32 Å². The van der Waals surface area contributed by atoms with Gasteiger partial charge in [0.05, 0.1) is 5.92 Å². The van der Waals surface area contributed by atoms with Crippen molar-refractivity contribution in [3.63, 3.8) is 0 Å². The fourth-order valence-corrected chi connectivity index (χ4v) is 8.90. The summed E-state index contributed by atoms with van der Waals surface area (Å²) in [5, 5.41) is 3.02. The van der Waals surface area contributed by atoms with Gasteiger partial charge < -0.3 is 28.5 Å². The van der Waals surface area contributed by atoms with Crippen molar-refractivity contribution < 1.29 is 47.7 Å². The molecule has 6 aromatic rings. The highest BCUT2D eigenvalue weighted by molar-refractivity contribution is 6.76. The quantitative estimate of drug-likeness (QED) is 0.0220. The van der Waals surface area contributed by atoms with Crippen molar-refractivity contribution in [1.29, 1.82) is 0 Å². The third kappa shape index (κ3) is 16.4. The van der Waals surface area contributed by atoms with Gasteiger partial charge in [0.2, 0.25) is 5.54 Å². The van der Waals surface area contributed by atoms with E-state index in [1.54, 1.807) is 20.8 Å². The number of nitrogens with one attached hydrogen (secondary N) is 2.